The van der Waals surface area contributed by atoms with Gasteiger partial charge in [-0.3, -0.25) is 0 Å². The molecule has 0 bridgehead atoms. The fourth-order valence-electron chi connectivity index (χ4n) is 2.02. The molecule has 0 atom stereocenters. The molecule has 1 saturated heterocycles. The maximum atomic E-state index is 6.23. The average molecular weight is 289 g/mol. The molecule has 0 aromatic heterocycles. The molecule has 0 amide bonds. The number of nitrogens with zero attached hydrogens (tertiary/aromatic N) is 1. The Morgan fingerprint density at radius 2 is 2.00 bits per heavy atom. The average Bonchev–Trinajstić information content (AvgIpc) is 2.20. The first-order valence-electron chi connectivity index (χ1n) is 5.37. The molecule has 0 N–H and O–H groups in total. The summed E-state index contributed by atoms with van der Waals surface area (Å²) in [5.74, 6) is 0.850. The molecule has 1 aliphatic heterocycles. The van der Waals surface area contributed by atoms with Gasteiger partial charge >= 0.3 is 0 Å². The highest BCUT2D eigenvalue weighted by Gasteiger charge is 2.19. The van der Waals surface area contributed by atoms with Crippen LogP contribution in [0.3, 0.4) is 0 Å². The van der Waals surface area contributed by atoms with Gasteiger partial charge in [-0.25, -0.2) is 0 Å². The van der Waals surface area contributed by atoms with Crippen LogP contribution in [-0.2, 0) is 0 Å². The molecule has 0 spiro atoms. The normalized spacial score (nSPS) is 18.2. The highest BCUT2D eigenvalue weighted by atomic mass is 79.9. The molecule has 15 heavy (non-hydrogen) atoms. The zero-order valence-electron chi connectivity index (χ0n) is 8.84. The second-order valence-corrected chi connectivity index (χ2v) is 5.50. The minimum absolute atomic E-state index is 0.846. The van der Waals surface area contributed by atoms with Crippen LogP contribution in [0, 0.1) is 5.92 Å². The third-order valence-electron chi connectivity index (χ3n) is 3.04. The Hall–Kier alpha value is -0.210. The lowest BCUT2D eigenvalue weighted by molar-refractivity contribution is 0.438. The Morgan fingerprint density at radius 1 is 1.33 bits per heavy atom. The number of halogens is 2. The van der Waals surface area contributed by atoms with Crippen LogP contribution in [0.1, 0.15) is 19.8 Å². The monoisotopic (exact) mass is 287 g/mol. The molecule has 82 valence electrons. The molecule has 0 unspecified atom stereocenters. The number of rotatable bonds is 1. The molecule has 3 heteroatoms. The van der Waals surface area contributed by atoms with Crippen LogP contribution in [0.15, 0.2) is 22.7 Å². The van der Waals surface area contributed by atoms with Crippen LogP contribution in [0.5, 0.6) is 0 Å². The molecule has 1 heterocycles. The van der Waals surface area contributed by atoms with Crippen molar-refractivity contribution in [1.82, 2.24) is 0 Å². The minimum Gasteiger partial charge on any atom is -0.369 e. The van der Waals surface area contributed by atoms with Gasteiger partial charge in [-0.2, -0.15) is 0 Å². The third-order valence-corrected chi connectivity index (χ3v) is 3.98. The number of benzene rings is 1. The topological polar surface area (TPSA) is 3.24 Å². The first-order valence-corrected chi connectivity index (χ1v) is 6.54. The van der Waals surface area contributed by atoms with Crippen molar-refractivity contribution in [3.8, 4) is 0 Å². The van der Waals surface area contributed by atoms with E-state index in [1.165, 1.54) is 12.8 Å². The van der Waals surface area contributed by atoms with Crippen LogP contribution in [0.4, 0.5) is 5.69 Å². The van der Waals surface area contributed by atoms with Gasteiger partial charge in [0.2, 0.25) is 0 Å². The first kappa shape index (κ1) is 11.3. The molecule has 1 aromatic rings. The van der Waals surface area contributed by atoms with E-state index in [0.717, 1.165) is 34.2 Å². The van der Waals surface area contributed by atoms with Gasteiger partial charge in [0, 0.05) is 17.6 Å². The molecule has 1 aromatic carbocycles. The van der Waals surface area contributed by atoms with Crippen LogP contribution in [0.25, 0.3) is 0 Å². The van der Waals surface area contributed by atoms with E-state index in [1.807, 2.05) is 12.1 Å². The maximum absolute atomic E-state index is 6.23. The summed E-state index contributed by atoms with van der Waals surface area (Å²) in [6, 6.07) is 5.99. The maximum Gasteiger partial charge on any atom is 0.0699 e. The van der Waals surface area contributed by atoms with E-state index in [1.54, 1.807) is 0 Å². The van der Waals surface area contributed by atoms with Crippen LogP contribution < -0.4 is 4.90 Å². The van der Waals surface area contributed by atoms with E-state index in [-0.39, 0.29) is 0 Å². The summed E-state index contributed by atoms with van der Waals surface area (Å²) in [5, 5.41) is 0.846. The summed E-state index contributed by atoms with van der Waals surface area (Å²) < 4.78 is 1.10. The van der Waals surface area contributed by atoms with Gasteiger partial charge < -0.3 is 4.90 Å². The van der Waals surface area contributed by atoms with Gasteiger partial charge in [0.25, 0.3) is 0 Å². The summed E-state index contributed by atoms with van der Waals surface area (Å²) >= 11 is 9.80. The lowest BCUT2D eigenvalue weighted by Crippen LogP contribution is -2.33. The van der Waals surface area contributed by atoms with Crippen molar-refractivity contribution in [3.63, 3.8) is 0 Å². The Balaban J connectivity index is 2.22. The van der Waals surface area contributed by atoms with E-state index in [0.29, 0.717) is 0 Å². The van der Waals surface area contributed by atoms with Gasteiger partial charge in [-0.15, -0.1) is 0 Å². The summed E-state index contributed by atoms with van der Waals surface area (Å²) in [7, 11) is 0. The van der Waals surface area contributed by atoms with E-state index in [9.17, 15) is 0 Å². The van der Waals surface area contributed by atoms with Crippen molar-refractivity contribution < 1.29 is 0 Å². The first-order chi connectivity index (χ1) is 7.18. The molecule has 1 fully saturated rings. The highest BCUT2D eigenvalue weighted by molar-refractivity contribution is 9.10. The van der Waals surface area contributed by atoms with Crippen LogP contribution >= 0.6 is 27.5 Å². The zero-order chi connectivity index (χ0) is 10.8. The van der Waals surface area contributed by atoms with Crippen molar-refractivity contribution in [2.45, 2.75) is 19.8 Å². The van der Waals surface area contributed by atoms with E-state index < -0.39 is 0 Å². The SMILES string of the molecule is CC1CCN(c2c(Cl)cccc2Br)CC1. The van der Waals surface area contributed by atoms with Gasteiger partial charge in [-0.05, 0) is 46.8 Å². The van der Waals surface area contributed by atoms with Crippen molar-refractivity contribution in [2.24, 2.45) is 5.92 Å². The lowest BCUT2D eigenvalue weighted by Gasteiger charge is -2.33. The fraction of sp³-hybridized carbons (Fsp3) is 0.500. The molecule has 1 aliphatic rings. The van der Waals surface area contributed by atoms with E-state index >= 15 is 0 Å². The Morgan fingerprint density at radius 3 is 2.60 bits per heavy atom. The van der Waals surface area contributed by atoms with Gasteiger partial charge in [0.05, 0.1) is 10.7 Å². The van der Waals surface area contributed by atoms with Gasteiger partial charge in [0.1, 0.15) is 0 Å². The number of hydrogen-bond acceptors (Lipinski definition) is 1. The van der Waals surface area contributed by atoms with Crippen molar-refractivity contribution >= 4 is 33.2 Å². The summed E-state index contributed by atoms with van der Waals surface area (Å²) in [5.41, 5.74) is 1.16. The van der Waals surface area contributed by atoms with Crippen molar-refractivity contribution in [1.29, 1.82) is 0 Å². The molecular weight excluding hydrogens is 273 g/mol. The summed E-state index contributed by atoms with van der Waals surface area (Å²) in [6.45, 7) is 4.55. The molecular formula is C12H15BrClN. The quantitative estimate of drug-likeness (QED) is 0.743. The lowest BCUT2D eigenvalue weighted by atomic mass is 9.99. The standard InChI is InChI=1S/C12H15BrClN/c1-9-5-7-15(8-6-9)12-10(13)3-2-4-11(12)14/h2-4,9H,5-8H2,1H3. The molecule has 0 saturated carbocycles. The third kappa shape index (κ3) is 2.48. The van der Waals surface area contributed by atoms with E-state index in [4.69, 9.17) is 11.6 Å². The predicted molar refractivity (Wildman–Crippen MR) is 69.8 cm³/mol. The summed E-state index contributed by atoms with van der Waals surface area (Å²) in [6.07, 6.45) is 2.52. The van der Waals surface area contributed by atoms with Crippen LogP contribution in [0.2, 0.25) is 5.02 Å². The largest absolute Gasteiger partial charge is 0.369 e. The Labute approximate surface area is 105 Å². The second-order valence-electron chi connectivity index (χ2n) is 4.24. The Kier molecular flexibility index (Phi) is 3.57. The minimum atomic E-state index is 0.846. The van der Waals surface area contributed by atoms with Gasteiger partial charge in [-0.1, -0.05) is 24.6 Å². The van der Waals surface area contributed by atoms with Crippen LogP contribution in [-0.4, -0.2) is 13.1 Å². The Bertz CT molecular complexity index is 325. The number of hydrogen-bond donors (Lipinski definition) is 0. The summed E-state index contributed by atoms with van der Waals surface area (Å²) in [4.78, 5) is 2.38. The van der Waals surface area contributed by atoms with Crippen molar-refractivity contribution in [3.05, 3.63) is 27.7 Å². The number of piperidine rings is 1. The molecule has 0 aliphatic carbocycles. The van der Waals surface area contributed by atoms with Gasteiger partial charge in [0.15, 0.2) is 0 Å². The highest BCUT2D eigenvalue weighted by Crippen LogP contribution is 2.35. The number of para-hydroxylation sites is 1. The molecule has 1 nitrogen and oxygen atoms in total. The van der Waals surface area contributed by atoms with Crippen molar-refractivity contribution in [2.75, 3.05) is 18.0 Å². The predicted octanol–water partition coefficient (Wildman–Crippen LogP) is 4.34. The second kappa shape index (κ2) is 4.75. The number of anilines is 1. The smallest absolute Gasteiger partial charge is 0.0699 e. The molecule has 0 radical (unpaired) electrons. The molecule has 2 rings (SSSR count). The zero-order valence-corrected chi connectivity index (χ0v) is 11.2. The fourth-order valence-corrected chi connectivity index (χ4v) is 3.05. The van der Waals surface area contributed by atoms with E-state index in [2.05, 4.69) is 33.8 Å².